The lowest BCUT2D eigenvalue weighted by Gasteiger charge is -2.32. The van der Waals surface area contributed by atoms with Gasteiger partial charge >= 0.3 is 24.1 Å². The number of nitrogens with zero attached hydrogens (tertiary/aromatic N) is 1. The molecule has 2 rings (SSSR count). The van der Waals surface area contributed by atoms with Crippen LogP contribution in [-0.4, -0.2) is 84.9 Å². The highest BCUT2D eigenvalue weighted by atomic mass is 16.6. The van der Waals surface area contributed by atoms with E-state index in [2.05, 4.69) is 0 Å². The minimum absolute atomic E-state index is 0.229. The molecular formula is C29H43NO11. The Morgan fingerprint density at radius 1 is 0.902 bits per heavy atom. The van der Waals surface area contributed by atoms with E-state index in [1.807, 2.05) is 0 Å². The van der Waals surface area contributed by atoms with Crippen molar-refractivity contribution in [1.82, 2.24) is 4.90 Å². The Labute approximate surface area is 241 Å². The van der Waals surface area contributed by atoms with Crippen molar-refractivity contribution in [2.24, 2.45) is 5.92 Å². The van der Waals surface area contributed by atoms with Gasteiger partial charge in [-0.3, -0.25) is 4.79 Å². The Kier molecular flexibility index (Phi) is 11.4. The Morgan fingerprint density at radius 2 is 1.41 bits per heavy atom. The summed E-state index contributed by atoms with van der Waals surface area (Å²) in [4.78, 5) is 53.0. The quantitative estimate of drug-likeness (QED) is 0.347. The molecule has 0 radical (unpaired) electrons. The molecule has 1 aliphatic rings. The van der Waals surface area contributed by atoms with Gasteiger partial charge in [-0.05, 0) is 72.7 Å². The van der Waals surface area contributed by atoms with Crippen LogP contribution >= 0.6 is 0 Å². The van der Waals surface area contributed by atoms with Crippen LogP contribution in [0.25, 0.3) is 0 Å². The first-order valence-corrected chi connectivity index (χ1v) is 13.5. The van der Waals surface area contributed by atoms with E-state index in [1.165, 1.54) is 7.11 Å². The van der Waals surface area contributed by atoms with Crippen LogP contribution in [0.15, 0.2) is 24.3 Å². The van der Waals surface area contributed by atoms with E-state index >= 15 is 0 Å². The van der Waals surface area contributed by atoms with Crippen molar-refractivity contribution < 1.29 is 52.3 Å². The van der Waals surface area contributed by atoms with E-state index in [0.29, 0.717) is 16.4 Å². The summed E-state index contributed by atoms with van der Waals surface area (Å²) in [5.41, 5.74) is -1.97. The summed E-state index contributed by atoms with van der Waals surface area (Å²) < 4.78 is 39.3. The first kappa shape index (κ1) is 33.7. The van der Waals surface area contributed by atoms with E-state index in [4.69, 9.17) is 33.2 Å². The highest BCUT2D eigenvalue weighted by Crippen LogP contribution is 2.25. The molecule has 2 amide bonds. The number of methoxy groups -OCH3 is 1. The van der Waals surface area contributed by atoms with Crippen LogP contribution in [0.2, 0.25) is 0 Å². The largest absolute Gasteiger partial charge is 0.497 e. The third-order valence-electron chi connectivity index (χ3n) is 5.52. The Balaban J connectivity index is 2.45. The topological polar surface area (TPSA) is 136 Å². The fraction of sp³-hybridized carbons (Fsp3) is 0.655. The lowest BCUT2D eigenvalue weighted by atomic mass is 10.1. The van der Waals surface area contributed by atoms with Crippen LogP contribution < -0.4 is 9.47 Å². The van der Waals surface area contributed by atoms with Gasteiger partial charge < -0.3 is 33.2 Å². The molecule has 0 aliphatic carbocycles. The van der Waals surface area contributed by atoms with Crippen molar-refractivity contribution in [1.29, 1.82) is 0 Å². The number of imide groups is 1. The van der Waals surface area contributed by atoms with Gasteiger partial charge in [0.2, 0.25) is 0 Å². The van der Waals surface area contributed by atoms with Gasteiger partial charge in [0.15, 0.2) is 18.2 Å². The van der Waals surface area contributed by atoms with Gasteiger partial charge in [-0.25, -0.2) is 14.4 Å². The molecule has 0 N–H and O–H groups in total. The van der Waals surface area contributed by atoms with E-state index < -0.39 is 72.2 Å². The van der Waals surface area contributed by atoms with Crippen LogP contribution in [0, 0.1) is 5.92 Å². The second kappa shape index (κ2) is 13.9. The molecule has 0 saturated carbocycles. The van der Waals surface area contributed by atoms with Crippen LogP contribution in [-0.2, 0) is 33.3 Å². The predicted octanol–water partition coefficient (Wildman–Crippen LogP) is 4.51. The summed E-state index contributed by atoms with van der Waals surface area (Å²) in [6.45, 7) is 13.9. The zero-order valence-electron chi connectivity index (χ0n) is 25.5. The highest BCUT2D eigenvalue weighted by molar-refractivity contribution is 5.94. The second-order valence-corrected chi connectivity index (χ2v) is 11.9. The van der Waals surface area contributed by atoms with Gasteiger partial charge in [-0.1, -0.05) is 13.8 Å². The van der Waals surface area contributed by atoms with Gasteiger partial charge in [0.05, 0.1) is 26.2 Å². The van der Waals surface area contributed by atoms with Crippen molar-refractivity contribution in [3.8, 4) is 11.5 Å². The third kappa shape index (κ3) is 10.4. The molecule has 0 spiro atoms. The molecule has 1 heterocycles. The number of ether oxygens (including phenoxy) is 7. The molecule has 12 heteroatoms. The molecule has 1 aliphatic heterocycles. The first-order valence-electron chi connectivity index (χ1n) is 13.5. The second-order valence-electron chi connectivity index (χ2n) is 11.9. The van der Waals surface area contributed by atoms with Crippen LogP contribution in [0.4, 0.5) is 9.59 Å². The highest BCUT2D eigenvalue weighted by Gasteiger charge is 2.45. The molecule has 0 unspecified atom stereocenters. The van der Waals surface area contributed by atoms with E-state index in [9.17, 15) is 19.2 Å². The number of carbonyl (C=O) groups is 4. The molecule has 1 saturated heterocycles. The molecule has 230 valence electrons. The fourth-order valence-electron chi connectivity index (χ4n) is 3.59. The SMILES string of the molecule is COc1ccc(O[C@H]2[C@H](C)OC(=O)[C@@H](N(C(=O)OC(C)(C)C)C(=O)OC(C)(C)C)COC[C@@H]2OC(=O)C(C)C)cc1. The Bertz CT molecular complexity index is 1030. The number of hydrogen-bond donors (Lipinski definition) is 0. The number of carbonyl (C=O) groups excluding carboxylic acids is 4. The van der Waals surface area contributed by atoms with Gasteiger partial charge in [-0.2, -0.15) is 4.90 Å². The van der Waals surface area contributed by atoms with Gasteiger partial charge in [0.1, 0.15) is 28.8 Å². The molecule has 4 atom stereocenters. The molecule has 0 aromatic heterocycles. The molecule has 1 aromatic rings. The van der Waals surface area contributed by atoms with Gasteiger partial charge in [0.25, 0.3) is 0 Å². The minimum atomic E-state index is -1.57. The zero-order valence-corrected chi connectivity index (χ0v) is 25.5. The maximum absolute atomic E-state index is 13.5. The molecule has 41 heavy (non-hydrogen) atoms. The predicted molar refractivity (Wildman–Crippen MR) is 147 cm³/mol. The summed E-state index contributed by atoms with van der Waals surface area (Å²) in [6.07, 6.45) is -5.26. The summed E-state index contributed by atoms with van der Waals surface area (Å²) in [5, 5.41) is 0. The number of rotatable bonds is 6. The summed E-state index contributed by atoms with van der Waals surface area (Å²) in [5.74, 6) is -0.938. The lowest BCUT2D eigenvalue weighted by Crippen LogP contribution is -2.54. The average molecular weight is 582 g/mol. The van der Waals surface area contributed by atoms with Crippen LogP contribution in [0.5, 0.6) is 11.5 Å². The smallest absolute Gasteiger partial charge is 0.420 e. The van der Waals surface area contributed by atoms with Crippen molar-refractivity contribution in [2.45, 2.75) is 97.9 Å². The maximum Gasteiger partial charge on any atom is 0.420 e. The first-order chi connectivity index (χ1) is 18.9. The van der Waals surface area contributed by atoms with Crippen LogP contribution in [0.1, 0.15) is 62.3 Å². The lowest BCUT2D eigenvalue weighted by molar-refractivity contribution is -0.170. The van der Waals surface area contributed by atoms with Crippen molar-refractivity contribution >= 4 is 24.1 Å². The third-order valence-corrected chi connectivity index (χ3v) is 5.52. The molecule has 1 fully saturated rings. The molecule has 0 bridgehead atoms. The number of benzene rings is 1. The Morgan fingerprint density at radius 3 is 1.88 bits per heavy atom. The summed E-state index contributed by atoms with van der Waals surface area (Å²) in [7, 11) is 1.53. The normalized spacial score (nSPS) is 21.9. The number of esters is 2. The molecular weight excluding hydrogens is 538 g/mol. The van der Waals surface area contributed by atoms with Gasteiger partial charge in [-0.15, -0.1) is 0 Å². The number of cyclic esters (lactones) is 1. The number of amides is 2. The van der Waals surface area contributed by atoms with E-state index in [-0.39, 0.29) is 6.61 Å². The average Bonchev–Trinajstić information content (AvgIpc) is 2.88. The summed E-state index contributed by atoms with van der Waals surface area (Å²) >= 11 is 0. The van der Waals surface area contributed by atoms with Crippen molar-refractivity contribution in [3.63, 3.8) is 0 Å². The van der Waals surface area contributed by atoms with Gasteiger partial charge in [0, 0.05) is 0 Å². The maximum atomic E-state index is 13.5. The van der Waals surface area contributed by atoms with Crippen molar-refractivity contribution in [2.75, 3.05) is 20.3 Å². The monoisotopic (exact) mass is 581 g/mol. The molecule has 12 nitrogen and oxygen atoms in total. The van der Waals surface area contributed by atoms with Crippen molar-refractivity contribution in [3.05, 3.63) is 24.3 Å². The van der Waals surface area contributed by atoms with E-state index in [0.717, 1.165) is 0 Å². The van der Waals surface area contributed by atoms with E-state index in [1.54, 1.807) is 86.6 Å². The standard InChI is InChI=1S/C29H43NO11/c1-17(2)24(31)39-22-16-36-15-21(30(26(33)40-28(4,5)6)27(34)41-29(7,8)9)25(32)37-18(3)23(22)38-20-13-11-19(35-10)12-14-20/h11-14,17-18,21-23H,15-16H2,1-10H3/t18-,21-,22-,23-/m0/s1. The minimum Gasteiger partial charge on any atom is -0.497 e. The van der Waals surface area contributed by atoms with Crippen LogP contribution in [0.3, 0.4) is 0 Å². The number of hydrogen-bond acceptors (Lipinski definition) is 11. The zero-order chi connectivity index (χ0) is 31.1. The Hall–Kier alpha value is -3.54. The fourth-order valence-corrected chi connectivity index (χ4v) is 3.59. The molecule has 1 aromatic carbocycles. The summed E-state index contributed by atoms with van der Waals surface area (Å²) in [6, 6.07) is 5.10.